The minimum absolute atomic E-state index is 0.329. The van der Waals surface area contributed by atoms with Crippen LogP contribution in [0.1, 0.15) is 58.9 Å². The van der Waals surface area contributed by atoms with Gasteiger partial charge < -0.3 is 24.6 Å². The maximum atomic E-state index is 12.8. The predicted octanol–water partition coefficient (Wildman–Crippen LogP) is 4.63. The number of pyridine rings is 2. The number of nitrogens with zero attached hydrogens (tertiary/aromatic N) is 6. The van der Waals surface area contributed by atoms with Gasteiger partial charge in [-0.15, -0.1) is 0 Å². The van der Waals surface area contributed by atoms with Crippen LogP contribution in [-0.4, -0.2) is 76.1 Å². The van der Waals surface area contributed by atoms with Crippen molar-refractivity contribution in [3.63, 3.8) is 0 Å². The topological polar surface area (TPSA) is 108 Å². The molecule has 0 radical (unpaired) electrons. The predicted molar refractivity (Wildman–Crippen MR) is 154 cm³/mol. The van der Waals surface area contributed by atoms with Gasteiger partial charge in [-0.25, -0.2) is 14.3 Å². The van der Waals surface area contributed by atoms with Crippen molar-refractivity contribution in [2.24, 2.45) is 0 Å². The van der Waals surface area contributed by atoms with E-state index < -0.39 is 5.60 Å². The van der Waals surface area contributed by atoms with Crippen LogP contribution in [0, 0.1) is 11.3 Å². The lowest BCUT2D eigenvalue weighted by Crippen LogP contribution is -2.61. The van der Waals surface area contributed by atoms with E-state index in [9.17, 15) is 10.1 Å². The van der Waals surface area contributed by atoms with E-state index in [0.717, 1.165) is 68.0 Å². The normalized spacial score (nSPS) is 17.5. The monoisotopic (exact) mass is 545 g/mol. The molecule has 5 heterocycles. The Morgan fingerprint density at radius 1 is 1.15 bits per heavy atom. The number of piperidine rings is 1. The van der Waals surface area contributed by atoms with Crippen molar-refractivity contribution < 1.29 is 14.3 Å². The molecule has 0 aliphatic carbocycles. The Kier molecular flexibility index (Phi) is 7.86. The summed E-state index contributed by atoms with van der Waals surface area (Å²) in [6, 6.07) is 8.24. The second-order valence-electron chi connectivity index (χ2n) is 11.8. The smallest absolute Gasteiger partial charge is 0.408 e. The molecule has 10 heteroatoms. The second kappa shape index (κ2) is 11.3. The number of likely N-dealkylation sites (tertiary alicyclic amines) is 1. The molecule has 0 saturated carbocycles. The summed E-state index contributed by atoms with van der Waals surface area (Å²) >= 11 is 0. The van der Waals surface area contributed by atoms with Crippen LogP contribution in [-0.2, 0) is 4.74 Å². The zero-order chi connectivity index (χ0) is 28.3. The Labute approximate surface area is 235 Å². The highest BCUT2D eigenvalue weighted by Gasteiger charge is 2.39. The molecule has 0 spiro atoms. The lowest BCUT2D eigenvalue weighted by Gasteiger charge is -2.44. The van der Waals surface area contributed by atoms with Gasteiger partial charge in [-0.05, 0) is 84.7 Å². The number of hydrogen-bond acceptors (Lipinski definition) is 8. The Morgan fingerprint density at radius 3 is 2.52 bits per heavy atom. The molecule has 5 rings (SSSR count). The van der Waals surface area contributed by atoms with Gasteiger partial charge in [-0.2, -0.15) is 10.4 Å². The Bertz CT molecular complexity index is 1370. The van der Waals surface area contributed by atoms with Crippen LogP contribution in [0.25, 0.3) is 16.6 Å². The molecule has 0 unspecified atom stereocenters. The first-order chi connectivity index (χ1) is 19.2. The maximum absolute atomic E-state index is 12.8. The van der Waals surface area contributed by atoms with Crippen LogP contribution in [0.15, 0.2) is 36.8 Å². The van der Waals surface area contributed by atoms with Gasteiger partial charge in [0.25, 0.3) is 0 Å². The fraction of sp³-hybridized carbons (Fsp3) is 0.533. The fourth-order valence-electron chi connectivity index (χ4n) is 5.75. The van der Waals surface area contributed by atoms with E-state index in [1.165, 1.54) is 12.8 Å². The van der Waals surface area contributed by atoms with Gasteiger partial charge in [0.1, 0.15) is 23.2 Å². The first kappa shape index (κ1) is 27.7. The molecule has 212 valence electrons. The highest BCUT2D eigenvalue weighted by molar-refractivity contribution is 5.85. The average Bonchev–Trinajstić information content (AvgIpc) is 3.57. The van der Waals surface area contributed by atoms with Gasteiger partial charge >= 0.3 is 6.09 Å². The SMILES string of the molecule is CCOc1cc(-c2ccc(N3CCC(CN4CCCC4)(NC(=O)OC(C)(C)C)CC3)nc2)c2c(C#N)cnn2c1. The maximum Gasteiger partial charge on any atom is 0.408 e. The molecular formula is C30H39N7O3. The molecule has 3 aromatic heterocycles. The summed E-state index contributed by atoms with van der Waals surface area (Å²) in [6.45, 7) is 12.7. The quantitative estimate of drug-likeness (QED) is 0.458. The highest BCUT2D eigenvalue weighted by atomic mass is 16.6. The summed E-state index contributed by atoms with van der Waals surface area (Å²) in [4.78, 5) is 22.3. The number of nitrogens with one attached hydrogen (secondary N) is 1. The molecule has 2 aliphatic heterocycles. The van der Waals surface area contributed by atoms with Gasteiger partial charge in [-0.3, -0.25) is 0 Å². The number of nitriles is 1. The average molecular weight is 546 g/mol. The van der Waals surface area contributed by atoms with E-state index >= 15 is 0 Å². The van der Waals surface area contributed by atoms with Crippen molar-refractivity contribution in [1.82, 2.24) is 24.8 Å². The Balaban J connectivity index is 1.33. The van der Waals surface area contributed by atoms with E-state index in [2.05, 4.69) is 26.3 Å². The third kappa shape index (κ3) is 6.15. The highest BCUT2D eigenvalue weighted by Crippen LogP contribution is 2.33. The Hall–Kier alpha value is -3.84. The van der Waals surface area contributed by atoms with Crippen molar-refractivity contribution in [2.45, 2.75) is 64.5 Å². The first-order valence-electron chi connectivity index (χ1n) is 14.2. The molecule has 2 saturated heterocycles. The molecule has 40 heavy (non-hydrogen) atoms. The van der Waals surface area contributed by atoms with Crippen molar-refractivity contribution in [1.29, 1.82) is 5.26 Å². The zero-order valence-corrected chi connectivity index (χ0v) is 23.9. The molecule has 1 amide bonds. The van der Waals surface area contributed by atoms with E-state index in [1.807, 2.05) is 52.1 Å². The largest absolute Gasteiger partial charge is 0.492 e. The van der Waals surface area contributed by atoms with E-state index in [4.69, 9.17) is 14.5 Å². The number of carbonyl (C=O) groups is 1. The lowest BCUT2D eigenvalue weighted by atomic mass is 9.86. The zero-order valence-electron chi connectivity index (χ0n) is 23.9. The summed E-state index contributed by atoms with van der Waals surface area (Å²) in [5.41, 5.74) is 2.11. The molecule has 2 aliphatic rings. The van der Waals surface area contributed by atoms with Gasteiger partial charge in [0.05, 0.1) is 35.6 Å². The van der Waals surface area contributed by atoms with E-state index in [-0.39, 0.29) is 11.6 Å². The summed E-state index contributed by atoms with van der Waals surface area (Å²) in [6.07, 6.45) is 8.90. The van der Waals surface area contributed by atoms with E-state index in [0.29, 0.717) is 17.9 Å². The van der Waals surface area contributed by atoms with Gasteiger partial charge in [0.15, 0.2) is 0 Å². The molecule has 10 nitrogen and oxygen atoms in total. The minimum Gasteiger partial charge on any atom is -0.492 e. The number of aromatic nitrogens is 3. The van der Waals surface area contributed by atoms with Crippen LogP contribution >= 0.6 is 0 Å². The van der Waals surface area contributed by atoms with Gasteiger partial charge in [0.2, 0.25) is 0 Å². The van der Waals surface area contributed by atoms with Crippen LogP contribution in [0.4, 0.5) is 10.6 Å². The summed E-state index contributed by atoms with van der Waals surface area (Å²) < 4.78 is 13.1. The minimum atomic E-state index is -0.538. The number of ether oxygens (including phenoxy) is 2. The van der Waals surface area contributed by atoms with Gasteiger partial charge in [-0.1, -0.05) is 0 Å². The number of rotatable bonds is 7. The number of carbonyl (C=O) groups excluding carboxylic acids is 1. The van der Waals surface area contributed by atoms with Crippen molar-refractivity contribution in [3.8, 4) is 22.9 Å². The number of amides is 1. The molecule has 1 N–H and O–H groups in total. The number of alkyl carbamates (subject to hydrolysis) is 1. The van der Waals surface area contributed by atoms with Crippen LogP contribution in [0.5, 0.6) is 5.75 Å². The third-order valence-electron chi connectivity index (χ3n) is 7.61. The number of hydrogen-bond donors (Lipinski definition) is 1. The molecule has 0 bridgehead atoms. The number of fused-ring (bicyclic) bond motifs is 1. The molecule has 0 atom stereocenters. The van der Waals surface area contributed by atoms with Crippen molar-refractivity contribution >= 4 is 17.4 Å². The standard InChI is InChI=1S/C30H39N7O3/c1-5-39-24-16-25(27-23(17-31)19-33-37(27)20-24)22-8-9-26(32-18-22)36-14-10-30(11-15-36,21-35-12-6-7-13-35)34-28(38)40-29(2,3)4/h8-9,16,18-20H,5-7,10-15,21H2,1-4H3,(H,34,38). The molecular weight excluding hydrogens is 506 g/mol. The summed E-state index contributed by atoms with van der Waals surface area (Å²) in [7, 11) is 0. The molecule has 0 aromatic carbocycles. The first-order valence-corrected chi connectivity index (χ1v) is 14.2. The second-order valence-corrected chi connectivity index (χ2v) is 11.8. The van der Waals surface area contributed by atoms with Crippen LogP contribution in [0.3, 0.4) is 0 Å². The van der Waals surface area contributed by atoms with Gasteiger partial charge in [0, 0.05) is 37.0 Å². The molecule has 3 aromatic rings. The van der Waals surface area contributed by atoms with Crippen molar-refractivity contribution in [2.75, 3.05) is 44.2 Å². The fourth-order valence-corrected chi connectivity index (χ4v) is 5.75. The van der Waals surface area contributed by atoms with Crippen molar-refractivity contribution in [3.05, 3.63) is 42.4 Å². The molecule has 2 fully saturated rings. The van der Waals surface area contributed by atoms with Crippen LogP contribution in [0.2, 0.25) is 0 Å². The Morgan fingerprint density at radius 2 is 1.90 bits per heavy atom. The summed E-state index contributed by atoms with van der Waals surface area (Å²) in [5, 5.41) is 17.2. The third-order valence-corrected chi connectivity index (χ3v) is 7.61. The summed E-state index contributed by atoms with van der Waals surface area (Å²) in [5.74, 6) is 1.58. The lowest BCUT2D eigenvalue weighted by molar-refractivity contribution is 0.0403. The number of anilines is 1. The van der Waals surface area contributed by atoms with Crippen LogP contribution < -0.4 is 15.0 Å². The van der Waals surface area contributed by atoms with E-state index in [1.54, 1.807) is 16.9 Å².